The summed E-state index contributed by atoms with van der Waals surface area (Å²) in [5.74, 6) is -3.41. The predicted molar refractivity (Wildman–Crippen MR) is 91.4 cm³/mol. The number of rotatable bonds is 5. The average Bonchev–Trinajstić information content (AvgIpc) is 3.31. The van der Waals surface area contributed by atoms with Crippen molar-refractivity contribution in [3.63, 3.8) is 0 Å². The third-order valence-electron chi connectivity index (χ3n) is 5.08. The van der Waals surface area contributed by atoms with Crippen molar-refractivity contribution in [2.24, 2.45) is 5.92 Å². The second kappa shape index (κ2) is 6.64. The zero-order valence-corrected chi connectivity index (χ0v) is 14.2. The number of nitrogens with one attached hydrogen (secondary N) is 1. The van der Waals surface area contributed by atoms with Crippen LogP contribution in [0.3, 0.4) is 0 Å². The number of ether oxygens (including phenoxy) is 1. The molecule has 4 rings (SSSR count). The third kappa shape index (κ3) is 3.37. The monoisotopic (exact) mass is 373 g/mol. The number of carbonyl (C=O) groups excluding carboxylic acids is 1. The Bertz CT molecular complexity index is 930. The number of amides is 1. The molecule has 27 heavy (non-hydrogen) atoms. The lowest BCUT2D eigenvalue weighted by atomic mass is 10.0. The van der Waals surface area contributed by atoms with Gasteiger partial charge in [0.1, 0.15) is 5.75 Å². The topological polar surface area (TPSA) is 75.6 Å². The summed E-state index contributed by atoms with van der Waals surface area (Å²) in [6, 6.07) is 7.47. The lowest BCUT2D eigenvalue weighted by Gasteiger charge is -2.16. The van der Waals surface area contributed by atoms with E-state index in [1.807, 2.05) is 0 Å². The fourth-order valence-electron chi connectivity index (χ4n) is 3.52. The van der Waals surface area contributed by atoms with E-state index in [1.165, 1.54) is 6.07 Å². The summed E-state index contributed by atoms with van der Waals surface area (Å²) >= 11 is 0. The molecule has 1 aliphatic carbocycles. The molecule has 0 aromatic heterocycles. The lowest BCUT2D eigenvalue weighted by Crippen LogP contribution is -2.35. The van der Waals surface area contributed by atoms with Crippen molar-refractivity contribution in [2.45, 2.75) is 24.8 Å². The minimum atomic E-state index is -1.17. The number of carbonyl (C=O) groups is 2. The second-order valence-electron chi connectivity index (χ2n) is 6.87. The van der Waals surface area contributed by atoms with Crippen molar-refractivity contribution in [1.82, 2.24) is 5.32 Å². The third-order valence-corrected chi connectivity index (χ3v) is 5.08. The number of fused-ring (bicyclic) bond motifs is 1. The van der Waals surface area contributed by atoms with E-state index in [4.69, 9.17) is 4.74 Å². The largest absolute Gasteiger partial charge is 0.493 e. The highest BCUT2D eigenvalue weighted by molar-refractivity contribution is 5.88. The van der Waals surface area contributed by atoms with Gasteiger partial charge < -0.3 is 15.2 Å². The Morgan fingerprint density at radius 3 is 2.70 bits per heavy atom. The fourth-order valence-corrected chi connectivity index (χ4v) is 3.52. The minimum Gasteiger partial charge on any atom is -0.493 e. The molecule has 1 fully saturated rings. The molecule has 2 aromatic rings. The molecule has 7 heteroatoms. The predicted octanol–water partition coefficient (Wildman–Crippen LogP) is 2.95. The number of halogens is 2. The van der Waals surface area contributed by atoms with Crippen LogP contribution in [0.2, 0.25) is 0 Å². The van der Waals surface area contributed by atoms with Gasteiger partial charge in [0.2, 0.25) is 5.91 Å². The number of carboxylic acid groups (broad SMARTS) is 1. The van der Waals surface area contributed by atoms with Crippen LogP contribution >= 0.6 is 0 Å². The molecule has 0 bridgehead atoms. The molecule has 3 atom stereocenters. The van der Waals surface area contributed by atoms with Crippen LogP contribution in [0.15, 0.2) is 36.4 Å². The first-order chi connectivity index (χ1) is 12.9. The number of carboxylic acids is 1. The van der Waals surface area contributed by atoms with Gasteiger partial charge in [0.05, 0.1) is 6.61 Å². The van der Waals surface area contributed by atoms with Crippen molar-refractivity contribution in [2.75, 3.05) is 6.61 Å². The van der Waals surface area contributed by atoms with E-state index >= 15 is 0 Å². The summed E-state index contributed by atoms with van der Waals surface area (Å²) in [7, 11) is 0. The maximum Gasteiger partial charge on any atom is 0.330 e. The normalized spacial score (nSPS) is 21.1. The van der Waals surface area contributed by atoms with Crippen LogP contribution in [0, 0.1) is 17.6 Å². The highest BCUT2D eigenvalue weighted by Crippen LogP contribution is 2.48. The van der Waals surface area contributed by atoms with Gasteiger partial charge >= 0.3 is 5.97 Å². The van der Waals surface area contributed by atoms with E-state index in [0.29, 0.717) is 30.6 Å². The molecule has 140 valence electrons. The van der Waals surface area contributed by atoms with Crippen molar-refractivity contribution in [3.8, 4) is 5.75 Å². The van der Waals surface area contributed by atoms with Crippen molar-refractivity contribution in [3.05, 3.63) is 64.7 Å². The lowest BCUT2D eigenvalue weighted by molar-refractivity contribution is -0.142. The summed E-state index contributed by atoms with van der Waals surface area (Å²) in [5.41, 5.74) is 1.93. The Balaban J connectivity index is 1.47. The molecule has 3 unspecified atom stereocenters. The molecule has 5 nitrogen and oxygen atoms in total. The molecule has 1 saturated carbocycles. The van der Waals surface area contributed by atoms with Gasteiger partial charge in [0, 0.05) is 12.3 Å². The van der Waals surface area contributed by atoms with E-state index < -0.39 is 35.5 Å². The maximum absolute atomic E-state index is 13.4. The Morgan fingerprint density at radius 2 is 1.96 bits per heavy atom. The van der Waals surface area contributed by atoms with Crippen LogP contribution in [-0.4, -0.2) is 23.6 Å². The highest BCUT2D eigenvalue weighted by atomic mass is 19.2. The van der Waals surface area contributed by atoms with Crippen molar-refractivity contribution in [1.29, 1.82) is 0 Å². The Hall–Kier alpha value is -2.96. The molecule has 2 aliphatic rings. The fraction of sp³-hybridized carbons (Fsp3) is 0.300. The summed E-state index contributed by atoms with van der Waals surface area (Å²) in [4.78, 5) is 24.2. The van der Waals surface area contributed by atoms with Gasteiger partial charge in [-0.25, -0.2) is 13.6 Å². The van der Waals surface area contributed by atoms with E-state index in [1.54, 1.807) is 18.2 Å². The first kappa shape index (κ1) is 17.5. The van der Waals surface area contributed by atoms with E-state index in [9.17, 15) is 23.5 Å². The molecule has 0 saturated heterocycles. The van der Waals surface area contributed by atoms with Crippen LogP contribution in [0.5, 0.6) is 5.75 Å². The first-order valence-electron chi connectivity index (χ1n) is 8.68. The summed E-state index contributed by atoms with van der Waals surface area (Å²) in [6.45, 7) is 0.556. The van der Waals surface area contributed by atoms with Gasteiger partial charge in [-0.1, -0.05) is 12.1 Å². The molecule has 0 radical (unpaired) electrons. The standard InChI is InChI=1S/C20H17F2NO4/c21-15-3-1-10(8-16(15)22)13-9-14(13)19(24)23-18(20(25)26)12-2-4-17-11(7-12)5-6-27-17/h1-4,7-8,13-14,18H,5-6,9H2,(H,23,24)(H,25,26). The van der Waals surface area contributed by atoms with Gasteiger partial charge in [-0.2, -0.15) is 0 Å². The zero-order valence-electron chi connectivity index (χ0n) is 14.2. The summed E-state index contributed by atoms with van der Waals surface area (Å²) in [5, 5.41) is 12.1. The van der Waals surface area contributed by atoms with Gasteiger partial charge in [0.25, 0.3) is 0 Å². The Kier molecular flexibility index (Phi) is 4.30. The molecule has 0 spiro atoms. The molecule has 2 aromatic carbocycles. The maximum atomic E-state index is 13.4. The van der Waals surface area contributed by atoms with Gasteiger partial charge in [-0.3, -0.25) is 4.79 Å². The smallest absolute Gasteiger partial charge is 0.330 e. The van der Waals surface area contributed by atoms with Crippen LogP contribution in [-0.2, 0) is 16.0 Å². The molecule has 1 aliphatic heterocycles. The first-order valence-corrected chi connectivity index (χ1v) is 8.68. The van der Waals surface area contributed by atoms with Crippen molar-refractivity contribution < 1.29 is 28.2 Å². The average molecular weight is 373 g/mol. The van der Waals surface area contributed by atoms with Crippen LogP contribution in [0.4, 0.5) is 8.78 Å². The molecular formula is C20H17F2NO4. The summed E-state index contributed by atoms with van der Waals surface area (Å²) < 4.78 is 31.8. The zero-order chi connectivity index (χ0) is 19.1. The minimum absolute atomic E-state index is 0.233. The van der Waals surface area contributed by atoms with Crippen molar-refractivity contribution >= 4 is 11.9 Å². The second-order valence-corrected chi connectivity index (χ2v) is 6.87. The Morgan fingerprint density at radius 1 is 1.15 bits per heavy atom. The SMILES string of the molecule is O=C(O)C(NC(=O)C1CC1c1ccc(F)c(F)c1)c1ccc2c(c1)CCO2. The van der Waals surface area contributed by atoms with E-state index in [-0.39, 0.29) is 5.92 Å². The van der Waals surface area contributed by atoms with E-state index in [2.05, 4.69) is 5.32 Å². The number of hydrogen-bond donors (Lipinski definition) is 2. The molecule has 1 heterocycles. The van der Waals surface area contributed by atoms with Gasteiger partial charge in [-0.15, -0.1) is 0 Å². The highest BCUT2D eigenvalue weighted by Gasteiger charge is 2.45. The van der Waals surface area contributed by atoms with Gasteiger partial charge in [-0.05, 0) is 53.3 Å². The van der Waals surface area contributed by atoms with Crippen LogP contribution < -0.4 is 10.1 Å². The molecule has 1 amide bonds. The van der Waals surface area contributed by atoms with Crippen LogP contribution in [0.1, 0.15) is 35.1 Å². The number of aliphatic carboxylic acids is 1. The van der Waals surface area contributed by atoms with Gasteiger partial charge in [0.15, 0.2) is 17.7 Å². The molecule has 2 N–H and O–H groups in total. The Labute approximate surface area is 154 Å². The quantitative estimate of drug-likeness (QED) is 0.845. The van der Waals surface area contributed by atoms with E-state index in [0.717, 1.165) is 23.4 Å². The summed E-state index contributed by atoms with van der Waals surface area (Å²) in [6.07, 6.45) is 1.17. The van der Waals surface area contributed by atoms with Crippen LogP contribution in [0.25, 0.3) is 0 Å². The molecular weight excluding hydrogens is 356 g/mol. The number of hydrogen-bond acceptors (Lipinski definition) is 3. The number of benzene rings is 2.